The van der Waals surface area contributed by atoms with E-state index in [9.17, 15) is 0 Å². The first-order valence-electron chi connectivity index (χ1n) is 5.11. The van der Waals surface area contributed by atoms with Gasteiger partial charge < -0.3 is 14.5 Å². The molecule has 3 heteroatoms. The second-order valence-electron chi connectivity index (χ2n) is 3.70. The van der Waals surface area contributed by atoms with Crippen LogP contribution in [0.3, 0.4) is 0 Å². The zero-order valence-electron chi connectivity index (χ0n) is 8.86. The molecular weight excluding hydrogens is 188 g/mol. The molecule has 0 N–H and O–H groups in total. The van der Waals surface area contributed by atoms with Crippen LogP contribution < -0.4 is 9.64 Å². The molecule has 0 bridgehead atoms. The number of hydrogen-bond acceptors (Lipinski definition) is 2. The van der Waals surface area contributed by atoms with E-state index in [4.69, 9.17) is 11.3 Å². The van der Waals surface area contributed by atoms with Crippen LogP contribution in [0.2, 0.25) is 0 Å². The van der Waals surface area contributed by atoms with Gasteiger partial charge in [0, 0.05) is 13.5 Å². The molecule has 0 amide bonds. The topological polar surface area (TPSA) is 16.8 Å². The Hall–Kier alpha value is -1.69. The lowest BCUT2D eigenvalue weighted by atomic mass is 10.1. The van der Waals surface area contributed by atoms with Gasteiger partial charge in [0.05, 0.1) is 12.2 Å². The molecule has 1 aliphatic rings. The summed E-state index contributed by atoms with van der Waals surface area (Å²) in [5.74, 6) is 0.954. The number of ether oxygens (including phenoxy) is 1. The Bertz CT molecular complexity index is 395. The zero-order valence-corrected chi connectivity index (χ0v) is 8.86. The van der Waals surface area contributed by atoms with Gasteiger partial charge in [-0.25, -0.2) is 6.57 Å². The van der Waals surface area contributed by atoms with Gasteiger partial charge in [0.2, 0.25) is 6.54 Å². The van der Waals surface area contributed by atoms with E-state index in [1.807, 2.05) is 12.1 Å². The second kappa shape index (κ2) is 4.22. The highest BCUT2D eigenvalue weighted by Crippen LogP contribution is 2.31. The first-order valence-corrected chi connectivity index (χ1v) is 5.11. The summed E-state index contributed by atoms with van der Waals surface area (Å²) in [7, 11) is 2.07. The van der Waals surface area contributed by atoms with E-state index in [2.05, 4.69) is 22.9 Å². The van der Waals surface area contributed by atoms with Crippen LogP contribution >= 0.6 is 0 Å². The molecule has 3 nitrogen and oxygen atoms in total. The van der Waals surface area contributed by atoms with Gasteiger partial charge in [-0.1, -0.05) is 6.07 Å². The first-order chi connectivity index (χ1) is 7.31. The number of anilines is 1. The van der Waals surface area contributed by atoms with Crippen LogP contribution in [0, 0.1) is 6.57 Å². The van der Waals surface area contributed by atoms with Gasteiger partial charge in [0.15, 0.2) is 0 Å². The van der Waals surface area contributed by atoms with Crippen molar-refractivity contribution in [1.29, 1.82) is 0 Å². The van der Waals surface area contributed by atoms with Gasteiger partial charge in [-0.2, -0.15) is 0 Å². The van der Waals surface area contributed by atoms with Crippen LogP contribution in [0.4, 0.5) is 5.69 Å². The fourth-order valence-corrected chi connectivity index (χ4v) is 1.74. The molecule has 0 unspecified atom stereocenters. The van der Waals surface area contributed by atoms with E-state index in [0.29, 0.717) is 6.54 Å². The lowest BCUT2D eigenvalue weighted by molar-refractivity contribution is 0.311. The number of benzene rings is 1. The average Bonchev–Trinajstić information content (AvgIpc) is 2.27. The molecule has 78 valence electrons. The molecule has 0 atom stereocenters. The monoisotopic (exact) mass is 202 g/mol. The smallest absolute Gasteiger partial charge is 0.218 e. The van der Waals surface area contributed by atoms with Gasteiger partial charge in [-0.3, -0.25) is 0 Å². The molecule has 15 heavy (non-hydrogen) atoms. The molecule has 2 rings (SSSR count). The van der Waals surface area contributed by atoms with Gasteiger partial charge in [0.1, 0.15) is 12.4 Å². The van der Waals surface area contributed by atoms with Crippen molar-refractivity contribution in [1.82, 2.24) is 0 Å². The van der Waals surface area contributed by atoms with Crippen LogP contribution in [0.15, 0.2) is 18.2 Å². The third-order valence-corrected chi connectivity index (χ3v) is 2.63. The average molecular weight is 202 g/mol. The van der Waals surface area contributed by atoms with Crippen molar-refractivity contribution in [3.8, 4) is 5.75 Å². The highest BCUT2D eigenvalue weighted by Gasteiger charge is 2.14. The molecule has 0 aromatic heterocycles. The number of fused-ring (bicyclic) bond motifs is 1. The molecule has 1 aliphatic heterocycles. The van der Waals surface area contributed by atoms with Crippen molar-refractivity contribution < 1.29 is 4.74 Å². The maximum absolute atomic E-state index is 6.77. The Balaban J connectivity index is 2.24. The maximum atomic E-state index is 6.77. The Morgan fingerprint density at radius 2 is 2.40 bits per heavy atom. The van der Waals surface area contributed by atoms with Crippen molar-refractivity contribution in [2.45, 2.75) is 6.42 Å². The molecule has 0 saturated carbocycles. The van der Waals surface area contributed by atoms with E-state index in [-0.39, 0.29) is 0 Å². The van der Waals surface area contributed by atoms with Crippen molar-refractivity contribution in [2.75, 3.05) is 31.6 Å². The number of rotatable bonds is 2. The second-order valence-corrected chi connectivity index (χ2v) is 3.70. The molecule has 0 aliphatic carbocycles. The number of likely N-dealkylation sites (N-methyl/N-ethyl adjacent to an activating group) is 1. The molecule has 1 aromatic rings. The van der Waals surface area contributed by atoms with Crippen LogP contribution in [-0.2, 0) is 6.42 Å². The van der Waals surface area contributed by atoms with E-state index in [1.165, 1.54) is 5.56 Å². The largest absolute Gasteiger partial charge is 0.490 e. The maximum Gasteiger partial charge on any atom is 0.218 e. The van der Waals surface area contributed by atoms with Gasteiger partial charge in [-0.05, 0) is 17.7 Å². The normalized spacial score (nSPS) is 14.0. The minimum absolute atomic E-state index is 0.559. The number of nitrogens with zero attached hydrogens (tertiary/aromatic N) is 2. The van der Waals surface area contributed by atoms with E-state index < -0.39 is 0 Å². The van der Waals surface area contributed by atoms with Crippen molar-refractivity contribution >= 4 is 5.69 Å². The molecular formula is C12H14N2O. The molecule has 0 saturated heterocycles. The summed E-state index contributed by atoms with van der Waals surface area (Å²) in [5, 5.41) is 0. The third kappa shape index (κ3) is 2.04. The van der Waals surface area contributed by atoms with Crippen LogP contribution in [0.25, 0.3) is 4.85 Å². The lowest BCUT2D eigenvalue weighted by Gasteiger charge is -2.27. The summed E-state index contributed by atoms with van der Waals surface area (Å²) in [6, 6.07) is 6.17. The van der Waals surface area contributed by atoms with Crippen LogP contribution in [0.5, 0.6) is 5.75 Å². The van der Waals surface area contributed by atoms with E-state index in [0.717, 1.165) is 31.0 Å². The Morgan fingerprint density at radius 1 is 1.53 bits per heavy atom. The summed E-state index contributed by atoms with van der Waals surface area (Å²) in [5.41, 5.74) is 2.35. The van der Waals surface area contributed by atoms with Crippen molar-refractivity contribution in [2.24, 2.45) is 0 Å². The van der Waals surface area contributed by atoms with Crippen molar-refractivity contribution in [3.63, 3.8) is 0 Å². The summed E-state index contributed by atoms with van der Waals surface area (Å²) < 4.78 is 5.55. The van der Waals surface area contributed by atoms with Crippen LogP contribution in [-0.4, -0.2) is 26.7 Å². The predicted molar refractivity (Wildman–Crippen MR) is 60.4 cm³/mol. The zero-order chi connectivity index (χ0) is 10.7. The predicted octanol–water partition coefficient (Wildman–Crippen LogP) is 1.98. The summed E-state index contributed by atoms with van der Waals surface area (Å²) in [6.07, 6.45) is 0.824. The minimum atomic E-state index is 0.559. The third-order valence-electron chi connectivity index (χ3n) is 2.63. The van der Waals surface area contributed by atoms with E-state index in [1.54, 1.807) is 0 Å². The summed E-state index contributed by atoms with van der Waals surface area (Å²) in [6.45, 7) is 9.01. The van der Waals surface area contributed by atoms with Gasteiger partial charge >= 0.3 is 0 Å². The molecule has 1 heterocycles. The van der Waals surface area contributed by atoms with Crippen molar-refractivity contribution in [3.05, 3.63) is 35.2 Å². The molecule has 0 spiro atoms. The highest BCUT2D eigenvalue weighted by molar-refractivity contribution is 5.60. The fraction of sp³-hybridized carbons (Fsp3) is 0.417. The lowest BCUT2D eigenvalue weighted by Crippen LogP contribution is -2.28. The molecule has 0 radical (unpaired) electrons. The van der Waals surface area contributed by atoms with Crippen LogP contribution in [0.1, 0.15) is 5.56 Å². The minimum Gasteiger partial charge on any atom is -0.490 e. The fourth-order valence-electron chi connectivity index (χ4n) is 1.74. The SMILES string of the molecule is [C-]#[N+]CCc1ccc2c(c1)N(C)CCO2. The Labute approximate surface area is 90.1 Å². The first kappa shape index (κ1) is 9.85. The molecule has 1 aromatic carbocycles. The standard InChI is InChI=1S/C12H14N2O/c1-13-6-5-10-3-4-12-11(9-10)14(2)7-8-15-12/h3-4,9H,5-8H2,2H3. The highest BCUT2D eigenvalue weighted by atomic mass is 16.5. The van der Waals surface area contributed by atoms with Gasteiger partial charge in [-0.15, -0.1) is 0 Å². The Kier molecular flexibility index (Phi) is 2.77. The van der Waals surface area contributed by atoms with Gasteiger partial charge in [0.25, 0.3) is 0 Å². The summed E-state index contributed by atoms with van der Waals surface area (Å²) >= 11 is 0. The Morgan fingerprint density at radius 3 is 3.20 bits per heavy atom. The number of hydrogen-bond donors (Lipinski definition) is 0. The quantitative estimate of drug-likeness (QED) is 0.682. The summed E-state index contributed by atoms with van der Waals surface area (Å²) in [4.78, 5) is 5.56. The molecule has 0 fully saturated rings. The van der Waals surface area contributed by atoms with E-state index >= 15 is 0 Å².